The lowest BCUT2D eigenvalue weighted by atomic mass is 10.1. The van der Waals surface area contributed by atoms with E-state index >= 15 is 0 Å². The second-order valence-electron chi connectivity index (χ2n) is 7.02. The van der Waals surface area contributed by atoms with Gasteiger partial charge in [0.15, 0.2) is 23.1 Å². The number of allylic oxidation sites excluding steroid dienone is 2. The van der Waals surface area contributed by atoms with E-state index < -0.39 is 41.1 Å². The van der Waals surface area contributed by atoms with Crippen LogP contribution >= 0.6 is 0 Å². The number of alkyl halides is 3. The third kappa shape index (κ3) is 5.32. The maximum Gasteiger partial charge on any atom is 0.416 e. The molecule has 2 aromatic rings. The van der Waals surface area contributed by atoms with E-state index in [1.807, 2.05) is 0 Å². The van der Waals surface area contributed by atoms with Gasteiger partial charge in [0.25, 0.3) is 0 Å². The van der Waals surface area contributed by atoms with Crippen molar-refractivity contribution in [3.8, 4) is 17.2 Å². The second-order valence-corrected chi connectivity index (χ2v) is 7.02. The van der Waals surface area contributed by atoms with Gasteiger partial charge in [0, 0.05) is 12.3 Å². The van der Waals surface area contributed by atoms with Crippen LogP contribution in [-0.2, 0) is 25.2 Å². The average molecular weight is 511 g/mol. The molecule has 0 atom stereocenters. The van der Waals surface area contributed by atoms with Gasteiger partial charge in [-0.05, 0) is 36.4 Å². The normalized spacial score (nSPS) is 13.4. The molecule has 0 aliphatic carbocycles. The first kappa shape index (κ1) is 26.3. The minimum Gasteiger partial charge on any atom is -0.497 e. The number of nitrogens with zero attached hydrogens (tertiary/aromatic N) is 1. The summed E-state index contributed by atoms with van der Waals surface area (Å²) < 4.78 is 87.9. The summed E-state index contributed by atoms with van der Waals surface area (Å²) in [6.45, 7) is 0. The molecule has 36 heavy (non-hydrogen) atoms. The summed E-state index contributed by atoms with van der Waals surface area (Å²) in [7, 11) is 3.49. The fourth-order valence-corrected chi connectivity index (χ4v) is 3.18. The number of halogens is 5. The number of esters is 2. The summed E-state index contributed by atoms with van der Waals surface area (Å²) >= 11 is 0. The molecule has 2 aromatic carbocycles. The number of hydrogen-bond donors (Lipinski definition) is 0. The largest absolute Gasteiger partial charge is 0.497 e. The highest BCUT2D eigenvalue weighted by Gasteiger charge is 2.34. The highest BCUT2D eigenvalue weighted by molar-refractivity contribution is 6.05. The van der Waals surface area contributed by atoms with E-state index in [1.54, 1.807) is 0 Å². The molecule has 0 spiro atoms. The molecule has 190 valence electrons. The zero-order valence-electron chi connectivity index (χ0n) is 19.0. The van der Waals surface area contributed by atoms with Crippen molar-refractivity contribution in [1.82, 2.24) is 0 Å². The average Bonchev–Trinajstić information content (AvgIpc) is 3.07. The molecule has 0 bridgehead atoms. The van der Waals surface area contributed by atoms with E-state index in [1.165, 1.54) is 49.7 Å². The van der Waals surface area contributed by atoms with Crippen molar-refractivity contribution in [1.29, 1.82) is 0 Å². The monoisotopic (exact) mass is 511 g/mol. The van der Waals surface area contributed by atoms with Gasteiger partial charge in [0.05, 0.1) is 38.2 Å². The lowest BCUT2D eigenvalue weighted by molar-refractivity contribution is -0.139. The summed E-state index contributed by atoms with van der Waals surface area (Å²) in [4.78, 5) is 26.2. The highest BCUT2D eigenvalue weighted by atomic mass is 19.4. The number of hydrogen-bond acceptors (Lipinski definition) is 7. The molecular formula is C24H18F5NO6. The number of ether oxygens (including phenoxy) is 4. The van der Waals surface area contributed by atoms with Gasteiger partial charge in [-0.2, -0.15) is 13.2 Å². The van der Waals surface area contributed by atoms with Gasteiger partial charge in [-0.1, -0.05) is 6.08 Å². The molecule has 0 saturated carbocycles. The van der Waals surface area contributed by atoms with Crippen LogP contribution in [0.1, 0.15) is 5.56 Å². The Bertz CT molecular complexity index is 1260. The molecule has 1 heterocycles. The Balaban J connectivity index is 2.22. The summed E-state index contributed by atoms with van der Waals surface area (Å²) in [5, 5.41) is 0. The van der Waals surface area contributed by atoms with Crippen LogP contribution in [0.2, 0.25) is 0 Å². The van der Waals surface area contributed by atoms with Crippen LogP contribution in [-0.4, -0.2) is 33.3 Å². The second kappa shape index (κ2) is 10.5. The van der Waals surface area contributed by atoms with E-state index in [0.717, 1.165) is 19.1 Å². The zero-order valence-corrected chi connectivity index (χ0v) is 19.0. The lowest BCUT2D eigenvalue weighted by Crippen LogP contribution is -2.27. The maximum absolute atomic E-state index is 14.5. The Morgan fingerprint density at radius 1 is 0.889 bits per heavy atom. The van der Waals surface area contributed by atoms with Gasteiger partial charge in [-0.15, -0.1) is 0 Å². The molecule has 1 aliphatic heterocycles. The Labute approximate surface area is 201 Å². The molecule has 7 nitrogen and oxygen atoms in total. The fourth-order valence-electron chi connectivity index (χ4n) is 3.18. The van der Waals surface area contributed by atoms with Crippen molar-refractivity contribution in [2.24, 2.45) is 0 Å². The quantitative estimate of drug-likeness (QED) is 0.386. The van der Waals surface area contributed by atoms with Gasteiger partial charge in [0.2, 0.25) is 0 Å². The molecule has 3 rings (SSSR count). The molecule has 0 unspecified atom stereocenters. The van der Waals surface area contributed by atoms with Crippen LogP contribution in [0.5, 0.6) is 17.2 Å². The molecule has 0 aromatic heterocycles. The van der Waals surface area contributed by atoms with E-state index in [2.05, 4.69) is 0 Å². The van der Waals surface area contributed by atoms with Crippen LogP contribution in [0.3, 0.4) is 0 Å². The molecule has 12 heteroatoms. The summed E-state index contributed by atoms with van der Waals surface area (Å²) in [5.41, 5.74) is -2.19. The van der Waals surface area contributed by atoms with E-state index in [9.17, 15) is 31.5 Å². The Kier molecular flexibility index (Phi) is 7.66. The van der Waals surface area contributed by atoms with Crippen LogP contribution in [0, 0.1) is 11.6 Å². The minimum absolute atomic E-state index is 0.0743. The Hall–Kier alpha value is -4.35. The number of methoxy groups -OCH3 is 3. The van der Waals surface area contributed by atoms with Gasteiger partial charge >= 0.3 is 18.1 Å². The maximum atomic E-state index is 14.5. The zero-order chi connectivity index (χ0) is 26.6. The molecule has 0 fully saturated rings. The first-order chi connectivity index (χ1) is 17.0. The summed E-state index contributed by atoms with van der Waals surface area (Å²) in [6, 6.07) is 4.05. The number of rotatable bonds is 6. The fraction of sp³-hybridized carbons (Fsp3) is 0.167. The number of carbonyl (C=O) groups is 2. The number of anilines is 1. The summed E-state index contributed by atoms with van der Waals surface area (Å²) in [6.07, 6.45) is 0.469. The topological polar surface area (TPSA) is 74.3 Å². The minimum atomic E-state index is -4.99. The van der Waals surface area contributed by atoms with E-state index in [4.69, 9.17) is 18.9 Å². The Morgan fingerprint density at radius 2 is 1.53 bits per heavy atom. The first-order valence-corrected chi connectivity index (χ1v) is 9.99. The third-order valence-electron chi connectivity index (χ3n) is 4.85. The van der Waals surface area contributed by atoms with Crippen LogP contribution in [0.15, 0.2) is 66.0 Å². The van der Waals surface area contributed by atoms with Crippen molar-refractivity contribution < 1.29 is 50.5 Å². The molecule has 0 radical (unpaired) electrons. The molecule has 0 amide bonds. The number of carbonyl (C=O) groups excluding carboxylic acids is 2. The van der Waals surface area contributed by atoms with Crippen molar-refractivity contribution in [2.45, 2.75) is 6.18 Å². The van der Waals surface area contributed by atoms with Crippen LogP contribution < -0.4 is 14.4 Å². The molecular weight excluding hydrogens is 493 g/mol. The van der Waals surface area contributed by atoms with Gasteiger partial charge < -0.3 is 23.8 Å². The Morgan fingerprint density at radius 3 is 2.08 bits per heavy atom. The van der Waals surface area contributed by atoms with Crippen LogP contribution in [0.25, 0.3) is 0 Å². The molecule has 1 aliphatic rings. The predicted octanol–water partition coefficient (Wildman–Crippen LogP) is 5.27. The van der Waals surface area contributed by atoms with Crippen molar-refractivity contribution in [3.63, 3.8) is 0 Å². The smallest absolute Gasteiger partial charge is 0.416 e. The van der Waals surface area contributed by atoms with Gasteiger partial charge in [0.1, 0.15) is 11.4 Å². The standard InChI is InChI=1S/C24H18F5NO6/c1-33-14-7-8-19(36-21-16(25)10-13(11-17(21)26)24(27,28)29)18(12-14)30-9-5-4-6-15(22(31)34-2)20(30)23(32)35-3/h4-12H,1-3H3. The van der Waals surface area contributed by atoms with Crippen molar-refractivity contribution in [2.75, 3.05) is 26.2 Å². The number of benzene rings is 2. The van der Waals surface area contributed by atoms with E-state index in [0.29, 0.717) is 0 Å². The van der Waals surface area contributed by atoms with Crippen LogP contribution in [0.4, 0.5) is 27.6 Å². The highest BCUT2D eigenvalue weighted by Crippen LogP contribution is 2.41. The van der Waals surface area contributed by atoms with Crippen molar-refractivity contribution in [3.05, 3.63) is 83.2 Å². The van der Waals surface area contributed by atoms with E-state index in [-0.39, 0.29) is 40.6 Å². The van der Waals surface area contributed by atoms with Gasteiger partial charge in [-0.25, -0.2) is 18.4 Å². The third-order valence-corrected chi connectivity index (χ3v) is 4.85. The SMILES string of the molecule is COC(=O)C1=C(C(=O)OC)N(c2cc(OC)ccc2Oc2c(F)cc(C(F)(F)F)cc2F)C=CC=C1. The lowest BCUT2D eigenvalue weighted by Gasteiger charge is -2.25. The molecule has 0 saturated heterocycles. The molecule has 0 N–H and O–H groups in total. The van der Waals surface area contributed by atoms with Gasteiger partial charge in [-0.3, -0.25) is 0 Å². The first-order valence-electron chi connectivity index (χ1n) is 9.99. The predicted molar refractivity (Wildman–Crippen MR) is 116 cm³/mol. The van der Waals surface area contributed by atoms with Crippen molar-refractivity contribution >= 4 is 17.6 Å². The summed E-state index contributed by atoms with van der Waals surface area (Å²) in [5.74, 6) is -6.32.